The van der Waals surface area contributed by atoms with Crippen molar-refractivity contribution in [3.05, 3.63) is 72.9 Å². The fourth-order valence-electron chi connectivity index (χ4n) is 4.80. The molecule has 0 heterocycles. The largest absolute Gasteiger partial charge is 0.472 e. The van der Waals surface area contributed by atoms with Gasteiger partial charge in [0, 0.05) is 19.4 Å². The second-order valence-corrected chi connectivity index (χ2v) is 14.1. The molecular weight excluding hydrogens is 681 g/mol. The van der Waals surface area contributed by atoms with Gasteiger partial charge in [-0.05, 0) is 44.9 Å². The minimum Gasteiger partial charge on any atom is -0.462 e. The van der Waals surface area contributed by atoms with Gasteiger partial charge in [-0.25, -0.2) is 4.57 Å². The van der Waals surface area contributed by atoms with Crippen LogP contribution in [0.4, 0.5) is 0 Å². The van der Waals surface area contributed by atoms with Gasteiger partial charge in [-0.1, -0.05) is 151 Å². The first-order valence-electron chi connectivity index (χ1n) is 19.5. The Morgan fingerprint density at radius 3 is 1.90 bits per heavy atom. The summed E-state index contributed by atoms with van der Waals surface area (Å²) in [5.41, 5.74) is 5.32. The Hall–Kier alpha value is -2.59. The number of hydrogen-bond donors (Lipinski definition) is 3. The molecule has 52 heavy (non-hydrogen) atoms. The first-order valence-corrected chi connectivity index (χ1v) is 21.0. The second-order valence-electron chi connectivity index (χ2n) is 12.6. The number of rotatable bonds is 35. The normalized spacial score (nSPS) is 14.8. The zero-order chi connectivity index (χ0) is 38.4. The maximum atomic E-state index is 12.5. The average molecular weight is 752 g/mol. The molecule has 0 saturated heterocycles. The van der Waals surface area contributed by atoms with Crippen LogP contribution in [0.15, 0.2) is 72.9 Å². The number of hydrogen-bond acceptors (Lipinski definition) is 9. The van der Waals surface area contributed by atoms with Crippen molar-refractivity contribution in [2.45, 2.75) is 148 Å². The molecule has 0 saturated carbocycles. The Morgan fingerprint density at radius 2 is 1.29 bits per heavy atom. The third kappa shape index (κ3) is 35.8. The zero-order valence-electron chi connectivity index (χ0n) is 32.1. The average Bonchev–Trinajstić information content (AvgIpc) is 3.12. The van der Waals surface area contributed by atoms with Crippen LogP contribution in [0.1, 0.15) is 136 Å². The van der Waals surface area contributed by atoms with Gasteiger partial charge in [0.05, 0.1) is 19.3 Å². The van der Waals surface area contributed by atoms with Crippen LogP contribution in [0.25, 0.3) is 0 Å². The number of aliphatic hydroxyl groups excluding tert-OH is 1. The molecule has 0 radical (unpaired) electrons. The summed E-state index contributed by atoms with van der Waals surface area (Å²) in [6.07, 6.45) is 39.9. The smallest absolute Gasteiger partial charge is 0.462 e. The van der Waals surface area contributed by atoms with Crippen LogP contribution in [0.2, 0.25) is 0 Å². The highest BCUT2D eigenvalue weighted by atomic mass is 31.2. The van der Waals surface area contributed by atoms with Gasteiger partial charge in [-0.15, -0.1) is 0 Å². The van der Waals surface area contributed by atoms with Gasteiger partial charge in [-0.3, -0.25) is 18.6 Å². The van der Waals surface area contributed by atoms with Crippen LogP contribution in [-0.2, 0) is 32.7 Å². The molecule has 0 aromatic heterocycles. The third-order valence-electron chi connectivity index (χ3n) is 7.70. The van der Waals surface area contributed by atoms with Crippen molar-refractivity contribution in [1.82, 2.24) is 0 Å². The lowest BCUT2D eigenvalue weighted by Crippen LogP contribution is -2.29. The van der Waals surface area contributed by atoms with E-state index in [2.05, 4.69) is 32.1 Å². The molecule has 298 valence electrons. The molecule has 0 aliphatic rings. The third-order valence-corrected chi connectivity index (χ3v) is 8.68. The molecular formula is C41H70NO9P. The lowest BCUT2D eigenvalue weighted by atomic mass is 10.1. The number of phosphoric acid groups is 1. The highest BCUT2D eigenvalue weighted by molar-refractivity contribution is 7.47. The van der Waals surface area contributed by atoms with E-state index in [-0.39, 0.29) is 32.6 Å². The van der Waals surface area contributed by atoms with E-state index in [1.54, 1.807) is 6.08 Å². The number of ether oxygens (including phenoxy) is 2. The molecule has 0 spiro atoms. The maximum Gasteiger partial charge on any atom is 0.472 e. The van der Waals surface area contributed by atoms with Gasteiger partial charge < -0.3 is 25.2 Å². The SMILES string of the molecule is CC/C=C\CC(O)/C=C/C=C/C/C=C\C/C=C\C/C=C\CCC(=O)O[C@H](COC(=O)CCCCCCCCCCCCC)COP(=O)(O)OCCN. The number of allylic oxidation sites excluding steroid dienone is 10. The summed E-state index contributed by atoms with van der Waals surface area (Å²) in [6.45, 7) is 3.39. The molecule has 0 aromatic carbocycles. The van der Waals surface area contributed by atoms with E-state index in [1.165, 1.54) is 51.4 Å². The zero-order valence-corrected chi connectivity index (χ0v) is 33.0. The lowest BCUT2D eigenvalue weighted by Gasteiger charge is -2.19. The fraction of sp³-hybridized carbons (Fsp3) is 0.659. The van der Waals surface area contributed by atoms with E-state index >= 15 is 0 Å². The van der Waals surface area contributed by atoms with Crippen molar-refractivity contribution in [1.29, 1.82) is 0 Å². The molecule has 4 N–H and O–H groups in total. The molecule has 0 fully saturated rings. The first-order chi connectivity index (χ1) is 25.2. The quantitative estimate of drug-likeness (QED) is 0.0187. The van der Waals surface area contributed by atoms with Crippen LogP contribution in [0, 0.1) is 0 Å². The summed E-state index contributed by atoms with van der Waals surface area (Å²) < 4.78 is 32.5. The topological polar surface area (TPSA) is 155 Å². The Bertz CT molecular complexity index is 1100. The molecule has 0 amide bonds. The predicted octanol–water partition coefficient (Wildman–Crippen LogP) is 9.68. The number of carbonyl (C=O) groups is 2. The van der Waals surface area contributed by atoms with E-state index in [1.807, 2.05) is 48.6 Å². The molecule has 0 rings (SSSR count). The van der Waals surface area contributed by atoms with Gasteiger partial charge in [0.1, 0.15) is 6.61 Å². The van der Waals surface area contributed by atoms with Crippen molar-refractivity contribution in [3.63, 3.8) is 0 Å². The number of aliphatic hydroxyl groups is 1. The first kappa shape index (κ1) is 49.4. The van der Waals surface area contributed by atoms with E-state index < -0.39 is 38.6 Å². The number of phosphoric ester groups is 1. The van der Waals surface area contributed by atoms with Crippen molar-refractivity contribution < 1.29 is 42.7 Å². The van der Waals surface area contributed by atoms with E-state index in [0.717, 1.165) is 38.5 Å². The summed E-state index contributed by atoms with van der Waals surface area (Å²) >= 11 is 0. The van der Waals surface area contributed by atoms with Crippen molar-refractivity contribution in [2.24, 2.45) is 5.73 Å². The lowest BCUT2D eigenvalue weighted by molar-refractivity contribution is -0.161. The van der Waals surface area contributed by atoms with Crippen LogP contribution >= 0.6 is 7.82 Å². The Balaban J connectivity index is 4.40. The Morgan fingerprint density at radius 1 is 0.692 bits per heavy atom. The highest BCUT2D eigenvalue weighted by Crippen LogP contribution is 2.43. The van der Waals surface area contributed by atoms with Crippen molar-refractivity contribution in [3.8, 4) is 0 Å². The number of nitrogens with two attached hydrogens (primary N) is 1. The number of carbonyl (C=O) groups excluding carboxylic acids is 2. The summed E-state index contributed by atoms with van der Waals surface area (Å²) in [5, 5.41) is 9.82. The molecule has 11 heteroatoms. The standard InChI is InChI=1S/C41H70NO9P/c1-3-5-7-8-9-10-14-18-21-24-28-32-40(44)48-36-39(37-50-52(46,47)49-35-34-42)51-41(45)33-29-25-22-19-16-13-11-12-15-17-20-23-27-31-38(43)30-26-6-4-2/h6,12-13,15-16,20,22-23,25-27,31,38-39,43H,3-5,7-11,14,17-19,21,24,28-30,32-37,42H2,1-2H3,(H,46,47)/b15-12-,16-13-,23-20+,25-22-,26-6-,31-27+/t38?,39-/m1/s1. The molecule has 3 atom stereocenters. The minimum atomic E-state index is -4.40. The Labute approximate surface area is 314 Å². The van der Waals surface area contributed by atoms with Gasteiger partial charge in [0.2, 0.25) is 0 Å². The summed E-state index contributed by atoms with van der Waals surface area (Å²) in [7, 11) is -4.40. The van der Waals surface area contributed by atoms with E-state index in [4.69, 9.17) is 24.3 Å². The van der Waals surface area contributed by atoms with Gasteiger partial charge >= 0.3 is 19.8 Å². The molecule has 0 aliphatic carbocycles. The molecule has 2 unspecified atom stereocenters. The van der Waals surface area contributed by atoms with Crippen LogP contribution in [0.3, 0.4) is 0 Å². The Kier molecular flexibility index (Phi) is 34.9. The fourth-order valence-corrected chi connectivity index (χ4v) is 5.57. The van der Waals surface area contributed by atoms with Gasteiger partial charge in [0.15, 0.2) is 6.10 Å². The monoisotopic (exact) mass is 751 g/mol. The second kappa shape index (κ2) is 36.8. The van der Waals surface area contributed by atoms with Crippen molar-refractivity contribution in [2.75, 3.05) is 26.4 Å². The molecule has 0 bridgehead atoms. The summed E-state index contributed by atoms with van der Waals surface area (Å²) in [4.78, 5) is 34.7. The van der Waals surface area contributed by atoms with E-state index in [9.17, 15) is 24.2 Å². The minimum absolute atomic E-state index is 0.0327. The van der Waals surface area contributed by atoms with Crippen LogP contribution in [0.5, 0.6) is 0 Å². The van der Waals surface area contributed by atoms with E-state index in [0.29, 0.717) is 19.3 Å². The van der Waals surface area contributed by atoms with Gasteiger partial charge in [-0.2, -0.15) is 0 Å². The molecule has 0 aromatic rings. The number of unbranched alkanes of at least 4 members (excludes halogenated alkanes) is 10. The number of esters is 2. The molecule has 10 nitrogen and oxygen atoms in total. The van der Waals surface area contributed by atoms with Gasteiger partial charge in [0.25, 0.3) is 0 Å². The maximum absolute atomic E-state index is 12.5. The molecule has 0 aliphatic heterocycles. The van der Waals surface area contributed by atoms with Crippen molar-refractivity contribution >= 4 is 19.8 Å². The summed E-state index contributed by atoms with van der Waals surface area (Å²) in [6, 6.07) is 0. The summed E-state index contributed by atoms with van der Waals surface area (Å²) in [5.74, 6) is -0.955. The van der Waals surface area contributed by atoms with Crippen LogP contribution < -0.4 is 5.73 Å². The predicted molar refractivity (Wildman–Crippen MR) is 212 cm³/mol. The van der Waals surface area contributed by atoms with Crippen LogP contribution in [-0.4, -0.2) is 60.5 Å². The highest BCUT2D eigenvalue weighted by Gasteiger charge is 2.25.